The van der Waals surface area contributed by atoms with E-state index in [1.807, 2.05) is 12.3 Å². The van der Waals surface area contributed by atoms with Crippen molar-refractivity contribution in [2.24, 2.45) is 0 Å². The summed E-state index contributed by atoms with van der Waals surface area (Å²) in [5, 5.41) is 7.40. The van der Waals surface area contributed by atoms with Gasteiger partial charge in [-0.15, -0.1) is 0 Å². The second-order valence-corrected chi connectivity index (χ2v) is 11.7. The summed E-state index contributed by atoms with van der Waals surface area (Å²) in [6, 6.07) is 54.6. The maximum absolute atomic E-state index is 4.77. The van der Waals surface area contributed by atoms with Gasteiger partial charge in [0.05, 0.1) is 27.6 Å². The van der Waals surface area contributed by atoms with Gasteiger partial charge < -0.3 is 9.13 Å². The van der Waals surface area contributed by atoms with Crippen LogP contribution in [0.2, 0.25) is 0 Å². The Hall–Kier alpha value is -6.13. The van der Waals surface area contributed by atoms with Gasteiger partial charge in [0, 0.05) is 55.6 Å². The van der Waals surface area contributed by atoms with E-state index >= 15 is 0 Å². The van der Waals surface area contributed by atoms with Gasteiger partial charge in [0.2, 0.25) is 0 Å². The van der Waals surface area contributed by atoms with Crippen LogP contribution in [0, 0.1) is 0 Å². The van der Waals surface area contributed by atoms with Crippen LogP contribution in [0.1, 0.15) is 0 Å². The Bertz CT molecular complexity index is 2650. The van der Waals surface area contributed by atoms with E-state index < -0.39 is 0 Å². The van der Waals surface area contributed by atoms with E-state index in [-0.39, 0.29) is 0 Å². The lowest BCUT2D eigenvalue weighted by Gasteiger charge is -2.12. The van der Waals surface area contributed by atoms with Crippen LogP contribution in [0.3, 0.4) is 0 Å². The number of benzene rings is 6. The molecular formula is C41H26N4. The molecule has 0 amide bonds. The number of pyridine rings is 1. The smallest absolute Gasteiger partial charge is 0.145 e. The lowest BCUT2D eigenvalue weighted by atomic mass is 10.1. The van der Waals surface area contributed by atoms with E-state index in [0.29, 0.717) is 0 Å². The first kappa shape index (κ1) is 24.3. The number of aromatic nitrogens is 4. The zero-order valence-corrected chi connectivity index (χ0v) is 24.3. The van der Waals surface area contributed by atoms with Crippen LogP contribution in [0.25, 0.3) is 82.6 Å². The van der Waals surface area contributed by atoms with Crippen LogP contribution in [-0.2, 0) is 0 Å². The SMILES string of the molecule is c1ccc2c(c1)c1ccccc1n2-c1ccc2c(c1)c1ccccc1n2-c1ccc(-n2c3ccccc3c3cccnc32)cc1. The largest absolute Gasteiger partial charge is 0.309 e. The van der Waals surface area contributed by atoms with Gasteiger partial charge in [-0.1, -0.05) is 72.8 Å². The lowest BCUT2D eigenvalue weighted by molar-refractivity contribution is 1.12. The van der Waals surface area contributed by atoms with Crippen molar-refractivity contribution in [3.05, 3.63) is 158 Å². The van der Waals surface area contributed by atoms with E-state index in [9.17, 15) is 0 Å². The maximum atomic E-state index is 4.77. The van der Waals surface area contributed by atoms with Crippen LogP contribution < -0.4 is 0 Å². The number of nitrogens with zero attached hydrogens (tertiary/aromatic N) is 4. The molecule has 0 bridgehead atoms. The molecule has 0 radical (unpaired) electrons. The molecule has 4 heterocycles. The maximum Gasteiger partial charge on any atom is 0.145 e. The summed E-state index contributed by atoms with van der Waals surface area (Å²) in [6.45, 7) is 0. The summed E-state index contributed by atoms with van der Waals surface area (Å²) in [7, 11) is 0. The molecule has 210 valence electrons. The highest BCUT2D eigenvalue weighted by Crippen LogP contribution is 2.37. The van der Waals surface area contributed by atoms with Gasteiger partial charge in [-0.3, -0.25) is 4.57 Å². The second kappa shape index (κ2) is 9.18. The van der Waals surface area contributed by atoms with Crippen molar-refractivity contribution < 1.29 is 0 Å². The summed E-state index contributed by atoms with van der Waals surface area (Å²) < 4.78 is 7.04. The van der Waals surface area contributed by atoms with Crippen molar-refractivity contribution in [3.63, 3.8) is 0 Å². The van der Waals surface area contributed by atoms with E-state index in [0.717, 1.165) is 28.2 Å². The molecule has 0 atom stereocenters. The van der Waals surface area contributed by atoms with Gasteiger partial charge >= 0.3 is 0 Å². The highest BCUT2D eigenvalue weighted by atomic mass is 15.0. The van der Waals surface area contributed by atoms with E-state index in [1.54, 1.807) is 0 Å². The molecule has 0 fully saturated rings. The zero-order chi connectivity index (χ0) is 29.5. The van der Waals surface area contributed by atoms with Gasteiger partial charge in [-0.2, -0.15) is 0 Å². The van der Waals surface area contributed by atoms with Crippen LogP contribution in [0.15, 0.2) is 158 Å². The summed E-state index contributed by atoms with van der Waals surface area (Å²) in [4.78, 5) is 4.77. The first-order chi connectivity index (χ1) is 22.3. The minimum absolute atomic E-state index is 0.973. The molecule has 4 nitrogen and oxygen atoms in total. The normalized spacial score (nSPS) is 12.0. The Morgan fingerprint density at radius 2 is 0.711 bits per heavy atom. The highest BCUT2D eigenvalue weighted by molar-refractivity contribution is 6.12. The van der Waals surface area contributed by atoms with E-state index in [2.05, 4.69) is 159 Å². The molecule has 0 saturated carbocycles. The minimum atomic E-state index is 0.973. The van der Waals surface area contributed by atoms with Gasteiger partial charge in [0.25, 0.3) is 0 Å². The molecule has 0 saturated heterocycles. The Morgan fingerprint density at radius 3 is 1.31 bits per heavy atom. The summed E-state index contributed by atoms with van der Waals surface area (Å²) in [5.74, 6) is 0. The quantitative estimate of drug-likeness (QED) is 0.206. The Kier molecular flexibility index (Phi) is 4.96. The average Bonchev–Trinajstić information content (AvgIpc) is 3.74. The third kappa shape index (κ3) is 3.39. The van der Waals surface area contributed by atoms with E-state index in [1.165, 1.54) is 54.4 Å². The molecule has 4 aromatic heterocycles. The van der Waals surface area contributed by atoms with Crippen LogP contribution in [-0.4, -0.2) is 18.7 Å². The average molecular weight is 575 g/mol. The molecular weight excluding hydrogens is 548 g/mol. The zero-order valence-electron chi connectivity index (χ0n) is 24.3. The first-order valence-corrected chi connectivity index (χ1v) is 15.3. The monoisotopic (exact) mass is 574 g/mol. The Morgan fingerprint density at radius 1 is 0.311 bits per heavy atom. The van der Waals surface area contributed by atoms with Crippen molar-refractivity contribution in [1.82, 2.24) is 18.7 Å². The molecule has 0 unspecified atom stereocenters. The standard InChI is InChI=1S/C41H26N4/c1-5-15-36-30(10-1)31-11-2-6-16-37(31)44(36)29-23-24-40-35(26-29)33-13-4-7-17-38(33)43(40)27-19-21-28(22-20-27)45-39-18-8-3-12-32(39)34-14-9-25-42-41(34)45/h1-26H. The number of para-hydroxylation sites is 4. The fraction of sp³-hybridized carbons (Fsp3) is 0. The summed E-state index contributed by atoms with van der Waals surface area (Å²) in [5.41, 5.74) is 10.3. The van der Waals surface area contributed by atoms with Gasteiger partial charge in [0.1, 0.15) is 5.65 Å². The molecule has 10 rings (SSSR count). The Labute approximate surface area is 258 Å². The fourth-order valence-corrected chi connectivity index (χ4v) is 7.39. The second-order valence-electron chi connectivity index (χ2n) is 11.7. The van der Waals surface area contributed by atoms with Crippen molar-refractivity contribution in [2.75, 3.05) is 0 Å². The van der Waals surface area contributed by atoms with Crippen LogP contribution in [0.4, 0.5) is 0 Å². The van der Waals surface area contributed by atoms with Crippen LogP contribution in [0.5, 0.6) is 0 Å². The third-order valence-corrected chi connectivity index (χ3v) is 9.29. The van der Waals surface area contributed by atoms with Gasteiger partial charge in [-0.25, -0.2) is 4.98 Å². The minimum Gasteiger partial charge on any atom is -0.309 e. The summed E-state index contributed by atoms with van der Waals surface area (Å²) in [6.07, 6.45) is 1.87. The number of hydrogen-bond donors (Lipinski definition) is 0. The molecule has 10 aromatic rings. The first-order valence-electron chi connectivity index (χ1n) is 15.3. The highest BCUT2D eigenvalue weighted by Gasteiger charge is 2.17. The number of rotatable bonds is 3. The molecule has 6 aromatic carbocycles. The fourth-order valence-electron chi connectivity index (χ4n) is 7.39. The third-order valence-electron chi connectivity index (χ3n) is 9.29. The molecule has 0 aliphatic rings. The predicted molar refractivity (Wildman–Crippen MR) is 187 cm³/mol. The predicted octanol–water partition coefficient (Wildman–Crippen LogP) is 10.4. The van der Waals surface area contributed by atoms with Crippen molar-refractivity contribution >= 4 is 65.5 Å². The van der Waals surface area contributed by atoms with Crippen LogP contribution >= 0.6 is 0 Å². The Balaban J connectivity index is 1.17. The molecule has 0 aliphatic carbocycles. The van der Waals surface area contributed by atoms with Gasteiger partial charge in [-0.05, 0) is 78.9 Å². The number of hydrogen-bond acceptors (Lipinski definition) is 1. The van der Waals surface area contributed by atoms with Crippen molar-refractivity contribution in [3.8, 4) is 17.1 Å². The summed E-state index contributed by atoms with van der Waals surface area (Å²) >= 11 is 0. The molecule has 4 heteroatoms. The van der Waals surface area contributed by atoms with E-state index in [4.69, 9.17) is 4.98 Å². The van der Waals surface area contributed by atoms with Gasteiger partial charge in [0.15, 0.2) is 0 Å². The molecule has 0 spiro atoms. The molecule has 45 heavy (non-hydrogen) atoms. The lowest BCUT2D eigenvalue weighted by Crippen LogP contribution is -1.98. The number of fused-ring (bicyclic) bond motifs is 9. The molecule has 0 N–H and O–H groups in total. The topological polar surface area (TPSA) is 27.7 Å². The van der Waals surface area contributed by atoms with Crippen molar-refractivity contribution in [2.45, 2.75) is 0 Å². The molecule has 0 aliphatic heterocycles. The van der Waals surface area contributed by atoms with Crippen molar-refractivity contribution in [1.29, 1.82) is 0 Å².